The number of methoxy groups -OCH3 is 1. The van der Waals surface area contributed by atoms with E-state index in [0.29, 0.717) is 16.3 Å². The van der Waals surface area contributed by atoms with E-state index in [1.165, 1.54) is 11.3 Å². The van der Waals surface area contributed by atoms with Gasteiger partial charge in [0.1, 0.15) is 5.75 Å². The van der Waals surface area contributed by atoms with Crippen molar-refractivity contribution in [1.82, 2.24) is 9.97 Å². The summed E-state index contributed by atoms with van der Waals surface area (Å²) in [6.45, 7) is 0.288. The number of hydrogen-bond donors (Lipinski definition) is 0. The highest BCUT2D eigenvalue weighted by molar-refractivity contribution is 7.22. The van der Waals surface area contributed by atoms with Gasteiger partial charge in [0.05, 0.1) is 41.2 Å². The van der Waals surface area contributed by atoms with Crippen LogP contribution in [0.4, 0.5) is 5.13 Å². The quantitative estimate of drug-likeness (QED) is 0.495. The van der Waals surface area contributed by atoms with Crippen molar-refractivity contribution in [3.63, 3.8) is 0 Å². The second kappa shape index (κ2) is 8.09. The molecule has 2 aromatic heterocycles. The number of nitrogens with zero attached hydrogens (tertiary/aromatic N) is 4. The second-order valence-corrected chi connectivity index (χ2v) is 7.24. The van der Waals surface area contributed by atoms with Crippen molar-refractivity contribution in [2.24, 2.45) is 0 Å². The first-order valence-corrected chi connectivity index (χ1v) is 9.66. The van der Waals surface area contributed by atoms with Crippen molar-refractivity contribution < 1.29 is 9.53 Å². The third-order valence-corrected chi connectivity index (χ3v) is 5.41. The Bertz CT molecular complexity index is 1200. The van der Waals surface area contributed by atoms with E-state index in [2.05, 4.69) is 16.0 Å². The van der Waals surface area contributed by atoms with Gasteiger partial charge in [0.15, 0.2) is 5.13 Å². The minimum atomic E-state index is -0.203. The number of fused-ring (bicyclic) bond motifs is 1. The first-order valence-electron chi connectivity index (χ1n) is 8.84. The van der Waals surface area contributed by atoms with E-state index in [1.54, 1.807) is 42.5 Å². The number of carbonyl (C=O) groups is 1. The predicted octanol–water partition coefficient (Wildman–Crippen LogP) is 4.42. The summed E-state index contributed by atoms with van der Waals surface area (Å²) >= 11 is 1.42. The molecule has 0 unspecified atom stereocenters. The fourth-order valence-electron chi connectivity index (χ4n) is 2.86. The molecule has 29 heavy (non-hydrogen) atoms. The number of ether oxygens (including phenoxy) is 1. The second-order valence-electron chi connectivity index (χ2n) is 6.23. The van der Waals surface area contributed by atoms with Gasteiger partial charge in [-0.05, 0) is 54.6 Å². The fourth-order valence-corrected chi connectivity index (χ4v) is 3.85. The molecule has 0 aliphatic heterocycles. The van der Waals surface area contributed by atoms with Gasteiger partial charge in [-0.3, -0.25) is 14.7 Å². The molecule has 2 heterocycles. The summed E-state index contributed by atoms with van der Waals surface area (Å²) in [5, 5.41) is 9.58. The van der Waals surface area contributed by atoms with Crippen LogP contribution >= 0.6 is 11.3 Å². The Balaban J connectivity index is 1.75. The maximum Gasteiger partial charge on any atom is 0.260 e. The number of hydrogen-bond acceptors (Lipinski definition) is 6. The Morgan fingerprint density at radius 3 is 2.69 bits per heavy atom. The molecule has 142 valence electrons. The highest BCUT2D eigenvalue weighted by Gasteiger charge is 2.22. The molecule has 4 aromatic rings. The lowest BCUT2D eigenvalue weighted by molar-refractivity contribution is 0.0985. The lowest BCUT2D eigenvalue weighted by atomic mass is 10.1. The summed E-state index contributed by atoms with van der Waals surface area (Å²) in [6.07, 6.45) is 1.70. The smallest absolute Gasteiger partial charge is 0.260 e. The van der Waals surface area contributed by atoms with Crippen LogP contribution in [0.3, 0.4) is 0 Å². The molecule has 0 atom stereocenters. The lowest BCUT2D eigenvalue weighted by Crippen LogP contribution is -2.30. The van der Waals surface area contributed by atoms with Crippen LogP contribution in [0.5, 0.6) is 5.75 Å². The van der Waals surface area contributed by atoms with E-state index in [1.807, 2.05) is 36.4 Å². The maximum atomic E-state index is 13.3. The summed E-state index contributed by atoms with van der Waals surface area (Å²) in [6, 6.07) is 19.9. The van der Waals surface area contributed by atoms with Crippen LogP contribution in [0.25, 0.3) is 10.2 Å². The van der Waals surface area contributed by atoms with Gasteiger partial charge in [0, 0.05) is 11.8 Å². The normalized spacial score (nSPS) is 10.5. The summed E-state index contributed by atoms with van der Waals surface area (Å²) in [5.74, 6) is 0.536. The SMILES string of the molecule is COc1ccc2nc(N(Cc3ccccn3)C(=O)c3ccc(C#N)cc3)sc2c1. The van der Waals surface area contributed by atoms with Crippen molar-refractivity contribution >= 4 is 32.6 Å². The van der Waals surface area contributed by atoms with Gasteiger partial charge in [-0.25, -0.2) is 4.98 Å². The van der Waals surface area contributed by atoms with E-state index in [-0.39, 0.29) is 12.5 Å². The zero-order valence-electron chi connectivity index (χ0n) is 15.6. The van der Waals surface area contributed by atoms with Gasteiger partial charge >= 0.3 is 0 Å². The minimum Gasteiger partial charge on any atom is -0.497 e. The molecule has 0 bridgehead atoms. The van der Waals surface area contributed by atoms with Crippen molar-refractivity contribution in [2.45, 2.75) is 6.54 Å². The first kappa shape index (κ1) is 18.6. The molecule has 7 heteroatoms. The Morgan fingerprint density at radius 1 is 1.17 bits per heavy atom. The van der Waals surface area contributed by atoms with Crippen molar-refractivity contribution in [1.29, 1.82) is 5.26 Å². The van der Waals surface area contributed by atoms with E-state index in [9.17, 15) is 4.79 Å². The van der Waals surface area contributed by atoms with E-state index >= 15 is 0 Å². The molecular weight excluding hydrogens is 384 g/mol. The summed E-state index contributed by atoms with van der Waals surface area (Å²) in [7, 11) is 1.62. The number of nitriles is 1. The van der Waals surface area contributed by atoms with Gasteiger partial charge in [-0.2, -0.15) is 5.26 Å². The van der Waals surface area contributed by atoms with Crippen LogP contribution in [0.15, 0.2) is 66.9 Å². The van der Waals surface area contributed by atoms with Crippen LogP contribution in [0, 0.1) is 11.3 Å². The highest BCUT2D eigenvalue weighted by Crippen LogP contribution is 2.32. The molecule has 0 N–H and O–H groups in total. The number of amides is 1. The number of benzene rings is 2. The fraction of sp³-hybridized carbons (Fsp3) is 0.0909. The Morgan fingerprint density at radius 2 is 2.00 bits per heavy atom. The van der Waals surface area contributed by atoms with Crippen LogP contribution in [0.2, 0.25) is 0 Å². The van der Waals surface area contributed by atoms with Gasteiger partial charge < -0.3 is 4.74 Å². The number of rotatable bonds is 5. The monoisotopic (exact) mass is 400 g/mol. The van der Waals surface area contributed by atoms with Crippen molar-refractivity contribution in [3.8, 4) is 11.8 Å². The summed E-state index contributed by atoms with van der Waals surface area (Å²) < 4.78 is 6.22. The average Bonchev–Trinajstić information content (AvgIpc) is 3.20. The average molecular weight is 400 g/mol. The molecular formula is C22H16N4O2S. The van der Waals surface area contributed by atoms with Crippen molar-refractivity contribution in [3.05, 3.63) is 83.7 Å². The standard InChI is InChI=1S/C22H16N4O2S/c1-28-18-9-10-19-20(12-18)29-22(25-19)26(14-17-4-2-3-11-24-17)21(27)16-7-5-15(13-23)6-8-16/h2-12H,14H2,1H3. The molecule has 0 saturated carbocycles. The number of pyridine rings is 1. The molecule has 2 aromatic carbocycles. The van der Waals surface area contributed by atoms with Crippen LogP contribution in [-0.4, -0.2) is 23.0 Å². The third kappa shape index (κ3) is 3.93. The Kier molecular flexibility index (Phi) is 5.18. The molecule has 0 aliphatic rings. The molecule has 0 fully saturated rings. The van der Waals surface area contributed by atoms with Gasteiger partial charge in [-0.1, -0.05) is 17.4 Å². The molecule has 0 aliphatic carbocycles. The van der Waals surface area contributed by atoms with E-state index < -0.39 is 0 Å². The summed E-state index contributed by atoms with van der Waals surface area (Å²) in [5.41, 5.74) is 2.54. The molecule has 0 spiro atoms. The first-order chi connectivity index (χ1) is 14.2. The topological polar surface area (TPSA) is 79.1 Å². The molecule has 0 radical (unpaired) electrons. The Hall–Kier alpha value is -3.76. The third-order valence-electron chi connectivity index (χ3n) is 4.37. The van der Waals surface area contributed by atoms with Crippen LogP contribution < -0.4 is 9.64 Å². The minimum absolute atomic E-state index is 0.203. The number of aromatic nitrogens is 2. The van der Waals surface area contributed by atoms with E-state index in [0.717, 1.165) is 21.7 Å². The van der Waals surface area contributed by atoms with Crippen LogP contribution in [0.1, 0.15) is 21.6 Å². The lowest BCUT2D eigenvalue weighted by Gasteiger charge is -2.19. The Labute approximate surface area is 171 Å². The highest BCUT2D eigenvalue weighted by atomic mass is 32.1. The van der Waals surface area contributed by atoms with Crippen molar-refractivity contribution in [2.75, 3.05) is 12.0 Å². The predicted molar refractivity (Wildman–Crippen MR) is 112 cm³/mol. The molecule has 1 amide bonds. The van der Waals surface area contributed by atoms with Gasteiger partial charge in [0.2, 0.25) is 0 Å². The molecule has 0 saturated heterocycles. The van der Waals surface area contributed by atoms with Crippen LogP contribution in [-0.2, 0) is 6.54 Å². The number of thiazole rings is 1. The number of anilines is 1. The summed E-state index contributed by atoms with van der Waals surface area (Å²) in [4.78, 5) is 23.9. The number of carbonyl (C=O) groups excluding carboxylic acids is 1. The largest absolute Gasteiger partial charge is 0.497 e. The van der Waals surface area contributed by atoms with E-state index in [4.69, 9.17) is 10.00 Å². The zero-order chi connectivity index (χ0) is 20.2. The van der Waals surface area contributed by atoms with Gasteiger partial charge in [-0.15, -0.1) is 0 Å². The molecule has 6 nitrogen and oxygen atoms in total. The maximum absolute atomic E-state index is 13.3. The molecule has 4 rings (SSSR count). The zero-order valence-corrected chi connectivity index (χ0v) is 16.4. The van der Waals surface area contributed by atoms with Gasteiger partial charge in [0.25, 0.3) is 5.91 Å².